The van der Waals surface area contributed by atoms with Gasteiger partial charge in [-0.2, -0.15) is 0 Å². The fourth-order valence-electron chi connectivity index (χ4n) is 2.77. The van der Waals surface area contributed by atoms with Gasteiger partial charge in [0.2, 0.25) is 0 Å². The van der Waals surface area contributed by atoms with Gasteiger partial charge in [0.25, 0.3) is 0 Å². The maximum atomic E-state index is 5.83. The fourth-order valence-corrected chi connectivity index (χ4v) is 2.77. The minimum atomic E-state index is 0. The number of hydrogen-bond donors (Lipinski definition) is 1. The molecule has 2 atom stereocenters. The first-order valence-corrected chi connectivity index (χ1v) is 6.81. The van der Waals surface area contributed by atoms with Gasteiger partial charge in [0.15, 0.2) is 0 Å². The maximum absolute atomic E-state index is 5.83. The molecule has 2 N–H and O–H groups in total. The van der Waals surface area contributed by atoms with E-state index in [2.05, 4.69) is 43.0 Å². The number of likely N-dealkylation sites (tertiary alicyclic amines) is 1. The van der Waals surface area contributed by atoms with Crippen LogP contribution in [-0.2, 0) is 6.54 Å². The second kappa shape index (κ2) is 8.73. The molecule has 0 aromatic heterocycles. The molecule has 1 fully saturated rings. The fraction of sp³-hybridized carbons (Fsp3) is 0.600. The SMILES string of the molecule is CC1CC(N(C)Cc2cccc(N)c2)CCN1C.Cl.Cl. The third-order valence-corrected chi connectivity index (χ3v) is 4.19. The van der Waals surface area contributed by atoms with E-state index in [9.17, 15) is 0 Å². The van der Waals surface area contributed by atoms with Crippen LogP contribution < -0.4 is 5.73 Å². The van der Waals surface area contributed by atoms with Crippen LogP contribution in [0.3, 0.4) is 0 Å². The minimum absolute atomic E-state index is 0. The molecule has 0 aliphatic carbocycles. The van der Waals surface area contributed by atoms with Crippen LogP contribution in [0.25, 0.3) is 0 Å². The summed E-state index contributed by atoms with van der Waals surface area (Å²) in [4.78, 5) is 4.92. The molecule has 20 heavy (non-hydrogen) atoms. The predicted molar refractivity (Wildman–Crippen MR) is 91.9 cm³/mol. The van der Waals surface area contributed by atoms with Crippen molar-refractivity contribution in [2.24, 2.45) is 0 Å². The van der Waals surface area contributed by atoms with E-state index in [-0.39, 0.29) is 24.8 Å². The van der Waals surface area contributed by atoms with Crippen LogP contribution in [-0.4, -0.2) is 42.5 Å². The summed E-state index contributed by atoms with van der Waals surface area (Å²) in [6, 6.07) is 9.60. The van der Waals surface area contributed by atoms with Gasteiger partial charge >= 0.3 is 0 Å². The van der Waals surface area contributed by atoms with Gasteiger partial charge in [-0.1, -0.05) is 12.1 Å². The molecule has 1 aromatic rings. The Morgan fingerprint density at radius 2 is 2.05 bits per heavy atom. The zero-order chi connectivity index (χ0) is 13.1. The first-order chi connectivity index (χ1) is 8.56. The third-order valence-electron chi connectivity index (χ3n) is 4.19. The van der Waals surface area contributed by atoms with Gasteiger partial charge in [0.1, 0.15) is 0 Å². The Morgan fingerprint density at radius 1 is 1.35 bits per heavy atom. The molecule has 1 saturated heterocycles. The largest absolute Gasteiger partial charge is 0.399 e. The third kappa shape index (κ3) is 5.13. The molecule has 0 amide bonds. The highest BCUT2D eigenvalue weighted by atomic mass is 35.5. The van der Waals surface area contributed by atoms with Crippen molar-refractivity contribution in [3.63, 3.8) is 0 Å². The summed E-state index contributed by atoms with van der Waals surface area (Å²) >= 11 is 0. The average molecular weight is 320 g/mol. The van der Waals surface area contributed by atoms with Crippen molar-refractivity contribution < 1.29 is 0 Å². The topological polar surface area (TPSA) is 32.5 Å². The summed E-state index contributed by atoms with van der Waals surface area (Å²) in [6.07, 6.45) is 2.52. The molecule has 0 radical (unpaired) electrons. The summed E-state index contributed by atoms with van der Waals surface area (Å²) in [6.45, 7) is 4.51. The Morgan fingerprint density at radius 3 is 2.65 bits per heavy atom. The molecule has 0 spiro atoms. The standard InChI is InChI=1S/C15H25N3.2ClH/c1-12-9-15(7-8-17(12)2)18(3)11-13-5-4-6-14(16)10-13;;/h4-6,10,12,15H,7-9,11,16H2,1-3H3;2*1H. The molecule has 3 nitrogen and oxygen atoms in total. The number of rotatable bonds is 3. The van der Waals surface area contributed by atoms with E-state index in [4.69, 9.17) is 5.73 Å². The van der Waals surface area contributed by atoms with Crippen molar-refractivity contribution in [1.82, 2.24) is 9.80 Å². The van der Waals surface area contributed by atoms with E-state index in [1.807, 2.05) is 12.1 Å². The van der Waals surface area contributed by atoms with Gasteiger partial charge in [-0.25, -0.2) is 0 Å². The monoisotopic (exact) mass is 319 g/mol. The Kier molecular flexibility index (Phi) is 8.52. The van der Waals surface area contributed by atoms with Crippen LogP contribution in [0.4, 0.5) is 5.69 Å². The smallest absolute Gasteiger partial charge is 0.0317 e. The number of anilines is 1. The molecule has 2 unspecified atom stereocenters. The molecule has 1 heterocycles. The summed E-state index contributed by atoms with van der Waals surface area (Å²) in [5.41, 5.74) is 8.00. The van der Waals surface area contributed by atoms with Gasteiger partial charge < -0.3 is 10.6 Å². The molecule has 5 heteroatoms. The van der Waals surface area contributed by atoms with Gasteiger partial charge in [0, 0.05) is 24.3 Å². The molecule has 1 aliphatic rings. The van der Waals surface area contributed by atoms with Gasteiger partial charge in [0.05, 0.1) is 0 Å². The Bertz CT molecular complexity index is 400. The van der Waals surface area contributed by atoms with E-state index in [1.54, 1.807) is 0 Å². The molecule has 2 rings (SSSR count). The van der Waals surface area contributed by atoms with Crippen molar-refractivity contribution in [2.75, 3.05) is 26.4 Å². The van der Waals surface area contributed by atoms with Crippen LogP contribution in [0.2, 0.25) is 0 Å². The highest BCUT2D eigenvalue weighted by Gasteiger charge is 2.25. The summed E-state index contributed by atoms with van der Waals surface area (Å²) in [5, 5.41) is 0. The number of benzene rings is 1. The van der Waals surface area contributed by atoms with Crippen LogP contribution in [0, 0.1) is 0 Å². The van der Waals surface area contributed by atoms with Crippen LogP contribution >= 0.6 is 24.8 Å². The van der Waals surface area contributed by atoms with E-state index in [0.29, 0.717) is 12.1 Å². The quantitative estimate of drug-likeness (QED) is 0.869. The second-order valence-corrected chi connectivity index (χ2v) is 5.67. The minimum Gasteiger partial charge on any atom is -0.399 e. The molecular weight excluding hydrogens is 293 g/mol. The zero-order valence-corrected chi connectivity index (χ0v) is 14.2. The Hall–Kier alpha value is -0.480. The number of halogens is 2. The second-order valence-electron chi connectivity index (χ2n) is 5.67. The number of nitrogen functional groups attached to an aromatic ring is 1. The number of hydrogen-bond acceptors (Lipinski definition) is 3. The van der Waals surface area contributed by atoms with E-state index >= 15 is 0 Å². The molecule has 1 aliphatic heterocycles. The first kappa shape index (κ1) is 19.5. The highest BCUT2D eigenvalue weighted by molar-refractivity contribution is 5.85. The Balaban J connectivity index is 0.00000180. The molecule has 1 aromatic carbocycles. The van der Waals surface area contributed by atoms with Crippen LogP contribution in [0.1, 0.15) is 25.3 Å². The maximum Gasteiger partial charge on any atom is 0.0317 e. The average Bonchev–Trinajstić information content (AvgIpc) is 2.32. The molecule has 0 bridgehead atoms. The summed E-state index contributed by atoms with van der Waals surface area (Å²) in [5.74, 6) is 0. The summed E-state index contributed by atoms with van der Waals surface area (Å²) in [7, 11) is 4.45. The lowest BCUT2D eigenvalue weighted by molar-refractivity contribution is 0.101. The van der Waals surface area contributed by atoms with Gasteiger partial charge in [-0.3, -0.25) is 4.90 Å². The number of piperidine rings is 1. The first-order valence-electron chi connectivity index (χ1n) is 6.81. The van der Waals surface area contributed by atoms with Crippen molar-refractivity contribution in [1.29, 1.82) is 0 Å². The zero-order valence-electron chi connectivity index (χ0n) is 12.6. The summed E-state index contributed by atoms with van der Waals surface area (Å²) < 4.78 is 0. The van der Waals surface area contributed by atoms with Crippen molar-refractivity contribution in [3.8, 4) is 0 Å². The van der Waals surface area contributed by atoms with Crippen molar-refractivity contribution >= 4 is 30.5 Å². The van der Waals surface area contributed by atoms with E-state index < -0.39 is 0 Å². The van der Waals surface area contributed by atoms with E-state index in [0.717, 1.165) is 12.2 Å². The highest BCUT2D eigenvalue weighted by Crippen LogP contribution is 2.21. The van der Waals surface area contributed by atoms with E-state index in [1.165, 1.54) is 24.9 Å². The molecule has 0 saturated carbocycles. The number of nitrogens with two attached hydrogens (primary N) is 1. The predicted octanol–water partition coefficient (Wildman–Crippen LogP) is 3.03. The lowest BCUT2D eigenvalue weighted by Crippen LogP contribution is -2.45. The lowest BCUT2D eigenvalue weighted by Gasteiger charge is -2.39. The normalized spacial score (nSPS) is 23.0. The van der Waals surface area contributed by atoms with Crippen molar-refractivity contribution in [2.45, 2.75) is 38.4 Å². The molecular formula is C15H27Cl2N3. The van der Waals surface area contributed by atoms with Crippen LogP contribution in [0.15, 0.2) is 24.3 Å². The molecule has 116 valence electrons. The lowest BCUT2D eigenvalue weighted by atomic mass is 9.97. The van der Waals surface area contributed by atoms with Crippen molar-refractivity contribution in [3.05, 3.63) is 29.8 Å². The Labute approximate surface area is 135 Å². The van der Waals surface area contributed by atoms with Gasteiger partial charge in [-0.05, 0) is 58.1 Å². The number of nitrogens with zero attached hydrogens (tertiary/aromatic N) is 2. The van der Waals surface area contributed by atoms with Gasteiger partial charge in [-0.15, -0.1) is 24.8 Å². The van der Waals surface area contributed by atoms with Crippen LogP contribution in [0.5, 0.6) is 0 Å².